The Morgan fingerprint density at radius 1 is 0.933 bits per heavy atom. The van der Waals surface area contributed by atoms with Crippen LogP contribution in [0.25, 0.3) is 10.9 Å². The molecule has 0 aliphatic rings. The largest absolute Gasteiger partial charge is 0.457 e. The van der Waals surface area contributed by atoms with Gasteiger partial charge in [0.15, 0.2) is 0 Å². The highest BCUT2D eigenvalue weighted by atomic mass is 16.5. The predicted molar refractivity (Wildman–Crippen MR) is 116 cm³/mol. The van der Waals surface area contributed by atoms with Crippen molar-refractivity contribution in [3.8, 4) is 0 Å². The molecule has 5 nitrogen and oxygen atoms in total. The van der Waals surface area contributed by atoms with Crippen LogP contribution in [0.1, 0.15) is 34.2 Å². The highest BCUT2D eigenvalue weighted by molar-refractivity contribution is 5.91. The highest BCUT2D eigenvalue weighted by Gasteiger charge is 2.16. The Morgan fingerprint density at radius 3 is 2.43 bits per heavy atom. The third kappa shape index (κ3) is 4.01. The van der Waals surface area contributed by atoms with Crippen molar-refractivity contribution in [2.45, 2.75) is 26.5 Å². The van der Waals surface area contributed by atoms with Gasteiger partial charge in [0.2, 0.25) is 0 Å². The summed E-state index contributed by atoms with van der Waals surface area (Å²) in [6.07, 6.45) is 0.366. The summed E-state index contributed by atoms with van der Waals surface area (Å²) in [7, 11) is 0. The Bertz CT molecular complexity index is 1250. The van der Waals surface area contributed by atoms with E-state index in [-0.39, 0.29) is 18.1 Å². The first-order valence-corrected chi connectivity index (χ1v) is 9.94. The smallest absolute Gasteiger partial charge is 0.338 e. The molecule has 0 saturated carbocycles. The van der Waals surface area contributed by atoms with Gasteiger partial charge in [-0.3, -0.25) is 9.36 Å². The lowest BCUT2D eigenvalue weighted by atomic mass is 10.0. The van der Waals surface area contributed by atoms with Gasteiger partial charge in [-0.1, -0.05) is 60.7 Å². The maximum atomic E-state index is 12.9. The Balaban J connectivity index is 1.65. The van der Waals surface area contributed by atoms with E-state index in [0.717, 1.165) is 11.1 Å². The fourth-order valence-corrected chi connectivity index (χ4v) is 3.52. The number of hydrogen-bond donors (Lipinski definition) is 0. The second-order valence-electron chi connectivity index (χ2n) is 6.99. The summed E-state index contributed by atoms with van der Waals surface area (Å²) < 4.78 is 7.18. The third-order valence-electron chi connectivity index (χ3n) is 5.06. The fraction of sp³-hybridized carbons (Fsp3) is 0.160. The van der Waals surface area contributed by atoms with Crippen LogP contribution >= 0.6 is 0 Å². The minimum atomic E-state index is -0.388. The minimum absolute atomic E-state index is 0.0674. The molecule has 3 aromatic carbocycles. The number of aromatic nitrogens is 2. The molecule has 0 radical (unpaired) electrons. The number of nitrogens with zero attached hydrogens (tertiary/aromatic N) is 2. The molecule has 0 unspecified atom stereocenters. The maximum Gasteiger partial charge on any atom is 0.338 e. The molecule has 150 valence electrons. The number of hydrogen-bond acceptors (Lipinski definition) is 4. The van der Waals surface area contributed by atoms with Crippen LogP contribution in [0.4, 0.5) is 0 Å². The van der Waals surface area contributed by atoms with Gasteiger partial charge in [0.05, 0.1) is 16.5 Å². The first kappa shape index (κ1) is 19.6. The number of carbonyl (C=O) groups is 1. The average molecular weight is 398 g/mol. The van der Waals surface area contributed by atoms with E-state index in [1.54, 1.807) is 16.7 Å². The Labute approximate surface area is 174 Å². The number of para-hydroxylation sites is 1. The van der Waals surface area contributed by atoms with E-state index in [4.69, 9.17) is 9.72 Å². The third-order valence-corrected chi connectivity index (χ3v) is 5.06. The zero-order valence-electron chi connectivity index (χ0n) is 16.7. The molecule has 1 aromatic heterocycles. The SMILES string of the molecule is CCn1c(Cc2ccccc2C(=O)OCc2ccccc2)nc2ccccc2c1=O. The van der Waals surface area contributed by atoms with Crippen LogP contribution in [0.3, 0.4) is 0 Å². The van der Waals surface area contributed by atoms with Gasteiger partial charge in [0.1, 0.15) is 12.4 Å². The molecule has 4 rings (SSSR count). The predicted octanol–water partition coefficient (Wildman–Crippen LogP) is 4.36. The summed E-state index contributed by atoms with van der Waals surface area (Å²) in [5.41, 5.74) is 2.78. The van der Waals surface area contributed by atoms with Crippen LogP contribution < -0.4 is 5.56 Å². The lowest BCUT2D eigenvalue weighted by Gasteiger charge is -2.14. The van der Waals surface area contributed by atoms with Gasteiger partial charge < -0.3 is 4.74 Å². The van der Waals surface area contributed by atoms with E-state index in [1.165, 1.54) is 0 Å². The standard InChI is InChI=1S/C25H22N2O3/c1-2-27-23(26-22-15-9-8-14-21(22)24(27)28)16-19-12-6-7-13-20(19)25(29)30-17-18-10-4-3-5-11-18/h3-15H,2,16-17H2,1H3. The number of rotatable bonds is 6. The van der Waals surface area contributed by atoms with Crippen molar-refractivity contribution in [1.29, 1.82) is 0 Å². The van der Waals surface area contributed by atoms with E-state index < -0.39 is 0 Å². The summed E-state index contributed by atoms with van der Waals surface area (Å²) in [5.74, 6) is 0.241. The van der Waals surface area contributed by atoms with Crippen molar-refractivity contribution in [3.63, 3.8) is 0 Å². The Hall–Kier alpha value is -3.73. The number of esters is 1. The van der Waals surface area contributed by atoms with Gasteiger partial charge in [-0.05, 0) is 36.2 Å². The first-order chi connectivity index (χ1) is 14.7. The van der Waals surface area contributed by atoms with E-state index in [2.05, 4.69) is 0 Å². The molecule has 0 saturated heterocycles. The Kier molecular flexibility index (Phi) is 5.70. The van der Waals surface area contributed by atoms with Crippen molar-refractivity contribution < 1.29 is 9.53 Å². The number of ether oxygens (including phenoxy) is 1. The number of fused-ring (bicyclic) bond motifs is 1. The lowest BCUT2D eigenvalue weighted by molar-refractivity contribution is 0.0471. The van der Waals surface area contributed by atoms with Crippen LogP contribution in [0.15, 0.2) is 83.7 Å². The van der Waals surface area contributed by atoms with Crippen LogP contribution in [0.2, 0.25) is 0 Å². The highest BCUT2D eigenvalue weighted by Crippen LogP contribution is 2.17. The molecule has 0 fully saturated rings. The van der Waals surface area contributed by atoms with Crippen LogP contribution in [-0.2, 0) is 24.3 Å². The lowest BCUT2D eigenvalue weighted by Crippen LogP contribution is -2.25. The molecular formula is C25H22N2O3. The van der Waals surface area contributed by atoms with Crippen LogP contribution in [-0.4, -0.2) is 15.5 Å². The van der Waals surface area contributed by atoms with Gasteiger partial charge in [0.25, 0.3) is 5.56 Å². The molecule has 30 heavy (non-hydrogen) atoms. The number of carbonyl (C=O) groups excluding carboxylic acids is 1. The molecule has 4 aromatic rings. The Morgan fingerprint density at radius 2 is 1.63 bits per heavy atom. The zero-order valence-corrected chi connectivity index (χ0v) is 16.7. The molecular weight excluding hydrogens is 376 g/mol. The molecule has 0 N–H and O–H groups in total. The quantitative estimate of drug-likeness (QED) is 0.453. The summed E-state index contributed by atoms with van der Waals surface area (Å²) >= 11 is 0. The van der Waals surface area contributed by atoms with Crippen LogP contribution in [0.5, 0.6) is 0 Å². The summed E-state index contributed by atoms with van der Waals surface area (Å²) in [6, 6.07) is 24.2. The summed E-state index contributed by atoms with van der Waals surface area (Å²) in [5, 5.41) is 0.596. The zero-order chi connectivity index (χ0) is 20.9. The second kappa shape index (κ2) is 8.74. The number of benzene rings is 3. The van der Waals surface area contributed by atoms with Gasteiger partial charge in [-0.15, -0.1) is 0 Å². The van der Waals surface area contributed by atoms with Crippen molar-refractivity contribution in [1.82, 2.24) is 9.55 Å². The van der Waals surface area contributed by atoms with Crippen molar-refractivity contribution in [2.75, 3.05) is 0 Å². The fourth-order valence-electron chi connectivity index (χ4n) is 3.52. The van der Waals surface area contributed by atoms with Gasteiger partial charge in [-0.25, -0.2) is 9.78 Å². The van der Waals surface area contributed by atoms with Crippen molar-refractivity contribution in [3.05, 3.63) is 112 Å². The molecule has 5 heteroatoms. The average Bonchev–Trinajstić information content (AvgIpc) is 2.79. The van der Waals surface area contributed by atoms with E-state index >= 15 is 0 Å². The van der Waals surface area contributed by atoms with E-state index in [9.17, 15) is 9.59 Å². The molecule has 0 aliphatic carbocycles. The topological polar surface area (TPSA) is 61.2 Å². The molecule has 0 amide bonds. The second-order valence-corrected chi connectivity index (χ2v) is 6.99. The molecule has 1 heterocycles. The van der Waals surface area contributed by atoms with Crippen LogP contribution in [0, 0.1) is 0 Å². The monoisotopic (exact) mass is 398 g/mol. The summed E-state index contributed by atoms with van der Waals surface area (Å²) in [6.45, 7) is 2.63. The van der Waals surface area contributed by atoms with E-state index in [0.29, 0.717) is 35.3 Å². The van der Waals surface area contributed by atoms with Gasteiger partial charge in [-0.2, -0.15) is 0 Å². The minimum Gasteiger partial charge on any atom is -0.457 e. The van der Waals surface area contributed by atoms with E-state index in [1.807, 2.05) is 73.7 Å². The van der Waals surface area contributed by atoms with Gasteiger partial charge >= 0.3 is 5.97 Å². The molecule has 0 bridgehead atoms. The normalized spacial score (nSPS) is 10.8. The van der Waals surface area contributed by atoms with Gasteiger partial charge in [0, 0.05) is 13.0 Å². The summed E-state index contributed by atoms with van der Waals surface area (Å²) in [4.78, 5) is 30.3. The maximum absolute atomic E-state index is 12.9. The molecule has 0 aliphatic heterocycles. The van der Waals surface area contributed by atoms with Crippen molar-refractivity contribution >= 4 is 16.9 Å². The van der Waals surface area contributed by atoms with Crippen molar-refractivity contribution in [2.24, 2.45) is 0 Å². The molecule has 0 atom stereocenters. The molecule has 0 spiro atoms. The first-order valence-electron chi connectivity index (χ1n) is 9.94.